The van der Waals surface area contributed by atoms with E-state index in [1.54, 1.807) is 41.3 Å². The minimum Gasteiger partial charge on any atom is -0.497 e. The van der Waals surface area contributed by atoms with Crippen LogP contribution in [0.15, 0.2) is 64.5 Å². The molecule has 3 aromatic rings. The van der Waals surface area contributed by atoms with Gasteiger partial charge >= 0.3 is 0 Å². The van der Waals surface area contributed by atoms with E-state index in [4.69, 9.17) is 4.74 Å². The third-order valence-corrected chi connectivity index (χ3v) is 7.07. The second-order valence-corrected chi connectivity index (χ2v) is 8.94. The van der Waals surface area contributed by atoms with Gasteiger partial charge in [0.15, 0.2) is 0 Å². The van der Waals surface area contributed by atoms with Crippen LogP contribution in [-0.4, -0.2) is 44.4 Å². The van der Waals surface area contributed by atoms with Crippen molar-refractivity contribution in [2.75, 3.05) is 20.2 Å². The Morgan fingerprint density at radius 3 is 2.55 bits per heavy atom. The zero-order valence-corrected chi connectivity index (χ0v) is 17.0. The zero-order chi connectivity index (χ0) is 20.4. The fraction of sp³-hybridized carbons (Fsp3) is 0.273. The summed E-state index contributed by atoms with van der Waals surface area (Å²) < 4.78 is 32.5. The van der Waals surface area contributed by atoms with E-state index in [-0.39, 0.29) is 21.3 Å². The standard InChI is InChI=1S/C22H22N2O4S/c1-28-16-8-7-9-17(14-16)29(26,27)21-18-10-3-4-11-20(18)23-15-19(21)22(25)24-12-5-2-6-13-24/h3-4,7-11,14-15H,2,5-6,12-13H2,1H3. The van der Waals surface area contributed by atoms with Crippen LogP contribution in [0.5, 0.6) is 5.75 Å². The molecule has 0 N–H and O–H groups in total. The second kappa shape index (κ2) is 7.83. The Balaban J connectivity index is 1.94. The molecule has 0 saturated carbocycles. The number of benzene rings is 2. The maximum absolute atomic E-state index is 13.7. The third-order valence-electron chi connectivity index (χ3n) is 5.22. The lowest BCUT2D eigenvalue weighted by Crippen LogP contribution is -2.36. The first kappa shape index (κ1) is 19.4. The molecule has 29 heavy (non-hydrogen) atoms. The quantitative estimate of drug-likeness (QED) is 0.655. The largest absolute Gasteiger partial charge is 0.497 e. The van der Waals surface area contributed by atoms with Gasteiger partial charge in [-0.25, -0.2) is 8.42 Å². The van der Waals surface area contributed by atoms with Crippen molar-refractivity contribution in [2.24, 2.45) is 0 Å². The summed E-state index contributed by atoms with van der Waals surface area (Å²) in [6.45, 7) is 1.26. The maximum atomic E-state index is 13.7. The van der Waals surface area contributed by atoms with Gasteiger partial charge in [0.2, 0.25) is 9.84 Å². The number of hydrogen-bond acceptors (Lipinski definition) is 5. The molecular weight excluding hydrogens is 388 g/mol. The number of para-hydroxylation sites is 1. The Kier molecular flexibility index (Phi) is 5.24. The van der Waals surface area contributed by atoms with E-state index in [1.165, 1.54) is 25.4 Å². The molecule has 1 aromatic heterocycles. The van der Waals surface area contributed by atoms with Crippen molar-refractivity contribution in [3.8, 4) is 5.75 Å². The summed E-state index contributed by atoms with van der Waals surface area (Å²) in [6.07, 6.45) is 4.32. The highest BCUT2D eigenvalue weighted by Crippen LogP contribution is 2.33. The van der Waals surface area contributed by atoms with Gasteiger partial charge in [-0.3, -0.25) is 9.78 Å². The number of sulfone groups is 1. The summed E-state index contributed by atoms with van der Waals surface area (Å²) in [5.41, 5.74) is 0.651. The molecule has 1 aliphatic rings. The lowest BCUT2D eigenvalue weighted by atomic mass is 10.1. The molecule has 4 rings (SSSR count). The van der Waals surface area contributed by atoms with Crippen LogP contribution in [0.3, 0.4) is 0 Å². The Morgan fingerprint density at radius 2 is 1.79 bits per heavy atom. The number of hydrogen-bond donors (Lipinski definition) is 0. The number of pyridine rings is 1. The van der Waals surface area contributed by atoms with Gasteiger partial charge in [-0.2, -0.15) is 0 Å². The van der Waals surface area contributed by atoms with Gasteiger partial charge in [0.05, 0.1) is 28.0 Å². The van der Waals surface area contributed by atoms with E-state index in [0.717, 1.165) is 19.3 Å². The van der Waals surface area contributed by atoms with Crippen LogP contribution < -0.4 is 4.74 Å². The Hall–Kier alpha value is -2.93. The first-order chi connectivity index (χ1) is 14.0. The molecular formula is C22H22N2O4S. The van der Waals surface area contributed by atoms with Crippen molar-refractivity contribution in [2.45, 2.75) is 29.1 Å². The van der Waals surface area contributed by atoms with Crippen molar-refractivity contribution in [1.82, 2.24) is 9.88 Å². The van der Waals surface area contributed by atoms with Crippen LogP contribution in [0.2, 0.25) is 0 Å². The molecule has 0 unspecified atom stereocenters. The highest BCUT2D eigenvalue weighted by molar-refractivity contribution is 7.91. The predicted molar refractivity (Wildman–Crippen MR) is 110 cm³/mol. The SMILES string of the molecule is COc1cccc(S(=O)(=O)c2c(C(=O)N3CCCCC3)cnc3ccccc23)c1. The average molecular weight is 410 g/mol. The van der Waals surface area contributed by atoms with Crippen molar-refractivity contribution in [1.29, 1.82) is 0 Å². The number of piperidine rings is 1. The average Bonchev–Trinajstić information content (AvgIpc) is 2.78. The number of nitrogens with zero attached hydrogens (tertiary/aromatic N) is 2. The van der Waals surface area contributed by atoms with E-state index in [0.29, 0.717) is 29.7 Å². The van der Waals surface area contributed by atoms with Gasteiger partial charge in [0.1, 0.15) is 5.75 Å². The maximum Gasteiger partial charge on any atom is 0.256 e. The molecule has 0 atom stereocenters. The lowest BCUT2D eigenvalue weighted by molar-refractivity contribution is 0.0720. The number of aromatic nitrogens is 1. The van der Waals surface area contributed by atoms with E-state index >= 15 is 0 Å². The summed E-state index contributed by atoms with van der Waals surface area (Å²) in [7, 11) is -2.50. The van der Waals surface area contributed by atoms with Gasteiger partial charge in [0, 0.05) is 24.7 Å². The molecule has 0 spiro atoms. The Morgan fingerprint density at radius 1 is 1.03 bits per heavy atom. The smallest absolute Gasteiger partial charge is 0.256 e. The Labute approximate surface area is 170 Å². The highest BCUT2D eigenvalue weighted by atomic mass is 32.2. The lowest BCUT2D eigenvalue weighted by Gasteiger charge is -2.27. The second-order valence-electron chi connectivity index (χ2n) is 7.05. The van der Waals surface area contributed by atoms with E-state index < -0.39 is 9.84 Å². The summed E-state index contributed by atoms with van der Waals surface area (Å²) in [6, 6.07) is 13.3. The first-order valence-corrected chi connectivity index (χ1v) is 11.1. The molecule has 6 nitrogen and oxygen atoms in total. The van der Waals surface area contributed by atoms with Crippen molar-refractivity contribution in [3.63, 3.8) is 0 Å². The number of amides is 1. The van der Waals surface area contributed by atoms with Crippen LogP contribution in [0, 0.1) is 0 Å². The predicted octanol–water partition coefficient (Wildman–Crippen LogP) is 3.70. The normalized spacial score (nSPS) is 14.7. The van der Waals surface area contributed by atoms with Gasteiger partial charge < -0.3 is 9.64 Å². The summed E-state index contributed by atoms with van der Waals surface area (Å²) in [5.74, 6) is 0.151. The summed E-state index contributed by atoms with van der Waals surface area (Å²) >= 11 is 0. The minimum absolute atomic E-state index is 0.00641. The number of carbonyl (C=O) groups excluding carboxylic acids is 1. The molecule has 150 valence electrons. The van der Waals surface area contributed by atoms with Gasteiger partial charge in [0.25, 0.3) is 5.91 Å². The number of rotatable bonds is 4. The van der Waals surface area contributed by atoms with Crippen LogP contribution in [0.1, 0.15) is 29.6 Å². The third kappa shape index (κ3) is 3.58. The molecule has 2 aromatic carbocycles. The minimum atomic E-state index is -3.98. The van der Waals surface area contributed by atoms with Crippen molar-refractivity contribution < 1.29 is 17.9 Å². The molecule has 0 aliphatic carbocycles. The van der Waals surface area contributed by atoms with Gasteiger partial charge in [-0.15, -0.1) is 0 Å². The zero-order valence-electron chi connectivity index (χ0n) is 16.2. The van der Waals surface area contributed by atoms with Gasteiger partial charge in [-0.05, 0) is 43.5 Å². The molecule has 0 radical (unpaired) electrons. The summed E-state index contributed by atoms with van der Waals surface area (Å²) in [5, 5.41) is 0.443. The molecule has 1 amide bonds. The van der Waals surface area contributed by atoms with E-state index in [2.05, 4.69) is 4.98 Å². The molecule has 2 heterocycles. The fourth-order valence-corrected chi connectivity index (χ4v) is 5.37. The van der Waals surface area contributed by atoms with Crippen molar-refractivity contribution in [3.05, 3.63) is 60.3 Å². The van der Waals surface area contributed by atoms with E-state index in [1.807, 2.05) is 0 Å². The Bertz CT molecular complexity index is 1170. The van der Waals surface area contributed by atoms with Crippen LogP contribution in [0.25, 0.3) is 10.9 Å². The van der Waals surface area contributed by atoms with Crippen LogP contribution >= 0.6 is 0 Å². The first-order valence-electron chi connectivity index (χ1n) is 9.58. The molecule has 0 bridgehead atoms. The number of methoxy groups -OCH3 is 1. The van der Waals surface area contributed by atoms with Crippen molar-refractivity contribution >= 4 is 26.6 Å². The molecule has 7 heteroatoms. The number of fused-ring (bicyclic) bond motifs is 1. The highest BCUT2D eigenvalue weighted by Gasteiger charge is 2.30. The molecule has 1 fully saturated rings. The van der Waals surface area contributed by atoms with E-state index in [9.17, 15) is 13.2 Å². The molecule has 1 saturated heterocycles. The van der Waals surface area contributed by atoms with Gasteiger partial charge in [-0.1, -0.05) is 24.3 Å². The number of likely N-dealkylation sites (tertiary alicyclic amines) is 1. The fourth-order valence-electron chi connectivity index (χ4n) is 3.71. The molecule has 1 aliphatic heterocycles. The van der Waals surface area contributed by atoms with Crippen LogP contribution in [-0.2, 0) is 9.84 Å². The number of ether oxygens (including phenoxy) is 1. The monoisotopic (exact) mass is 410 g/mol. The topological polar surface area (TPSA) is 76.6 Å². The van der Waals surface area contributed by atoms with Crippen LogP contribution in [0.4, 0.5) is 0 Å². The number of carbonyl (C=O) groups is 1. The summed E-state index contributed by atoms with van der Waals surface area (Å²) in [4.78, 5) is 19.4.